The van der Waals surface area contributed by atoms with E-state index in [-0.39, 0.29) is 36.0 Å². The highest BCUT2D eigenvalue weighted by Crippen LogP contribution is 2.31. The molecule has 25 heavy (non-hydrogen) atoms. The van der Waals surface area contributed by atoms with Gasteiger partial charge in [-0.3, -0.25) is 4.99 Å². The third-order valence-electron chi connectivity index (χ3n) is 4.51. The minimum atomic E-state index is 0. The van der Waals surface area contributed by atoms with Gasteiger partial charge in [0.15, 0.2) is 5.96 Å². The van der Waals surface area contributed by atoms with Crippen LogP contribution >= 0.6 is 39.9 Å². The highest BCUT2D eigenvalue weighted by atomic mass is 127. The SMILES string of the molecule is CN=C(NCCCc1cccc(Br)c1)NCC1(CCO)CCOC1.I. The van der Waals surface area contributed by atoms with E-state index in [1.165, 1.54) is 5.56 Å². The second-order valence-corrected chi connectivity index (χ2v) is 7.28. The number of aliphatic hydroxyl groups is 1. The Morgan fingerprint density at radius 1 is 1.40 bits per heavy atom. The van der Waals surface area contributed by atoms with Crippen molar-refractivity contribution in [1.29, 1.82) is 0 Å². The van der Waals surface area contributed by atoms with E-state index in [1.54, 1.807) is 7.05 Å². The van der Waals surface area contributed by atoms with Gasteiger partial charge >= 0.3 is 0 Å². The monoisotopic (exact) mass is 525 g/mol. The van der Waals surface area contributed by atoms with E-state index in [9.17, 15) is 5.11 Å². The van der Waals surface area contributed by atoms with Crippen LogP contribution in [0, 0.1) is 5.41 Å². The molecule has 1 saturated heterocycles. The van der Waals surface area contributed by atoms with Crippen molar-refractivity contribution in [3.8, 4) is 0 Å². The maximum Gasteiger partial charge on any atom is 0.190 e. The topological polar surface area (TPSA) is 65.9 Å². The van der Waals surface area contributed by atoms with Gasteiger partial charge in [-0.1, -0.05) is 28.1 Å². The highest BCUT2D eigenvalue weighted by Gasteiger charge is 2.34. The van der Waals surface area contributed by atoms with Crippen LogP contribution in [-0.4, -0.2) is 51.0 Å². The standard InChI is InChI=1S/C18H28BrN3O2.HI/c1-20-17(22-13-18(7-10-23)8-11-24-14-18)21-9-3-5-15-4-2-6-16(19)12-15;/h2,4,6,12,23H,3,5,7-11,13-14H2,1H3,(H2,20,21,22);1H. The van der Waals surface area contributed by atoms with Crippen LogP contribution in [0.1, 0.15) is 24.8 Å². The molecule has 1 aromatic rings. The van der Waals surface area contributed by atoms with Crippen molar-refractivity contribution in [1.82, 2.24) is 10.6 Å². The third kappa shape index (κ3) is 7.80. The van der Waals surface area contributed by atoms with Crippen LogP contribution in [0.5, 0.6) is 0 Å². The van der Waals surface area contributed by atoms with E-state index in [1.807, 2.05) is 6.07 Å². The average Bonchev–Trinajstić information content (AvgIpc) is 3.03. The Kier molecular flexibility index (Phi) is 11.0. The van der Waals surface area contributed by atoms with Crippen molar-refractivity contribution in [2.45, 2.75) is 25.7 Å². The molecule has 0 aromatic heterocycles. The van der Waals surface area contributed by atoms with E-state index in [0.717, 1.165) is 55.8 Å². The van der Waals surface area contributed by atoms with Crippen LogP contribution in [0.2, 0.25) is 0 Å². The van der Waals surface area contributed by atoms with E-state index in [4.69, 9.17) is 4.74 Å². The minimum absolute atomic E-state index is 0. The molecule has 1 unspecified atom stereocenters. The normalized spacial score (nSPS) is 20.2. The molecule has 0 radical (unpaired) electrons. The zero-order valence-electron chi connectivity index (χ0n) is 14.8. The first-order chi connectivity index (χ1) is 11.7. The Hall–Kier alpha value is -0.380. The molecule has 1 heterocycles. The van der Waals surface area contributed by atoms with E-state index >= 15 is 0 Å². The molecule has 5 nitrogen and oxygen atoms in total. The lowest BCUT2D eigenvalue weighted by atomic mass is 9.84. The summed E-state index contributed by atoms with van der Waals surface area (Å²) >= 11 is 3.50. The Balaban J connectivity index is 0.00000312. The fourth-order valence-electron chi connectivity index (χ4n) is 3.00. The maximum absolute atomic E-state index is 9.28. The maximum atomic E-state index is 9.28. The van der Waals surface area contributed by atoms with Crippen LogP contribution in [-0.2, 0) is 11.2 Å². The van der Waals surface area contributed by atoms with Gasteiger partial charge < -0.3 is 20.5 Å². The lowest BCUT2D eigenvalue weighted by Gasteiger charge is -2.27. The van der Waals surface area contributed by atoms with Gasteiger partial charge in [-0.05, 0) is 43.4 Å². The van der Waals surface area contributed by atoms with E-state index in [2.05, 4.69) is 49.8 Å². The Bertz CT molecular complexity index is 537. The molecule has 1 aromatic carbocycles. The second kappa shape index (κ2) is 12.1. The molecule has 0 bridgehead atoms. The van der Waals surface area contributed by atoms with Crippen molar-refractivity contribution in [3.05, 3.63) is 34.3 Å². The molecule has 7 heteroatoms. The molecule has 1 aliphatic heterocycles. The number of aliphatic hydroxyl groups excluding tert-OH is 1. The summed E-state index contributed by atoms with van der Waals surface area (Å²) in [6.45, 7) is 3.33. The zero-order valence-corrected chi connectivity index (χ0v) is 18.7. The number of hydrogen-bond acceptors (Lipinski definition) is 3. The molecule has 1 aliphatic rings. The number of halogens is 2. The summed E-state index contributed by atoms with van der Waals surface area (Å²) in [7, 11) is 1.79. The predicted octanol–water partition coefficient (Wildman–Crippen LogP) is 2.95. The van der Waals surface area contributed by atoms with Crippen molar-refractivity contribution in [3.63, 3.8) is 0 Å². The Labute approximate surface area is 176 Å². The number of ether oxygens (including phenoxy) is 1. The first-order valence-electron chi connectivity index (χ1n) is 8.55. The van der Waals surface area contributed by atoms with Gasteiger partial charge in [0, 0.05) is 43.2 Å². The first-order valence-corrected chi connectivity index (χ1v) is 9.34. The van der Waals surface area contributed by atoms with Gasteiger partial charge in [0.05, 0.1) is 6.61 Å². The first kappa shape index (κ1) is 22.7. The third-order valence-corrected chi connectivity index (χ3v) is 5.00. The lowest BCUT2D eigenvalue weighted by molar-refractivity contribution is 0.127. The number of aryl methyl sites for hydroxylation is 1. The van der Waals surface area contributed by atoms with Crippen LogP contribution < -0.4 is 10.6 Å². The fraction of sp³-hybridized carbons (Fsp3) is 0.611. The summed E-state index contributed by atoms with van der Waals surface area (Å²) in [5.41, 5.74) is 1.36. The summed E-state index contributed by atoms with van der Waals surface area (Å²) in [5, 5.41) is 16.0. The second-order valence-electron chi connectivity index (χ2n) is 6.36. The van der Waals surface area contributed by atoms with Gasteiger partial charge in [-0.25, -0.2) is 0 Å². The predicted molar refractivity (Wildman–Crippen MR) is 117 cm³/mol. The number of hydrogen-bond donors (Lipinski definition) is 3. The number of nitrogens with zero attached hydrogens (tertiary/aromatic N) is 1. The molecule has 2 rings (SSSR count). The van der Waals surface area contributed by atoms with Gasteiger partial charge in [0.25, 0.3) is 0 Å². The number of benzene rings is 1. The fourth-order valence-corrected chi connectivity index (χ4v) is 3.44. The molecule has 3 N–H and O–H groups in total. The van der Waals surface area contributed by atoms with Crippen molar-refractivity contribution in [2.75, 3.05) is 40.0 Å². The molecule has 0 saturated carbocycles. The van der Waals surface area contributed by atoms with Crippen LogP contribution in [0.25, 0.3) is 0 Å². The van der Waals surface area contributed by atoms with Crippen molar-refractivity contribution >= 4 is 45.9 Å². The number of nitrogens with one attached hydrogen (secondary N) is 2. The van der Waals surface area contributed by atoms with Crippen molar-refractivity contribution in [2.24, 2.45) is 10.4 Å². The lowest BCUT2D eigenvalue weighted by Crippen LogP contribution is -2.44. The summed E-state index contributed by atoms with van der Waals surface area (Å²) in [6.07, 6.45) is 3.83. The molecule has 0 aliphatic carbocycles. The highest BCUT2D eigenvalue weighted by molar-refractivity contribution is 14.0. The Morgan fingerprint density at radius 3 is 2.88 bits per heavy atom. The molecular formula is C18H29BrIN3O2. The van der Waals surface area contributed by atoms with Gasteiger partial charge in [-0.2, -0.15) is 0 Å². The summed E-state index contributed by atoms with van der Waals surface area (Å²) < 4.78 is 6.64. The summed E-state index contributed by atoms with van der Waals surface area (Å²) in [4.78, 5) is 4.28. The molecule has 1 atom stereocenters. The van der Waals surface area contributed by atoms with Gasteiger partial charge in [-0.15, -0.1) is 24.0 Å². The Morgan fingerprint density at radius 2 is 2.24 bits per heavy atom. The summed E-state index contributed by atoms with van der Waals surface area (Å²) in [6, 6.07) is 8.42. The largest absolute Gasteiger partial charge is 0.396 e. The number of aliphatic imine (C=N–C) groups is 1. The van der Waals surface area contributed by atoms with Gasteiger partial charge in [0.1, 0.15) is 0 Å². The molecule has 0 spiro atoms. The van der Waals surface area contributed by atoms with Crippen LogP contribution in [0.4, 0.5) is 0 Å². The minimum Gasteiger partial charge on any atom is -0.396 e. The van der Waals surface area contributed by atoms with Crippen molar-refractivity contribution < 1.29 is 9.84 Å². The van der Waals surface area contributed by atoms with E-state index < -0.39 is 0 Å². The van der Waals surface area contributed by atoms with Crippen LogP contribution in [0.3, 0.4) is 0 Å². The molecule has 142 valence electrons. The molecular weight excluding hydrogens is 497 g/mol. The van der Waals surface area contributed by atoms with Crippen LogP contribution in [0.15, 0.2) is 33.7 Å². The number of guanidine groups is 1. The number of rotatable bonds is 8. The molecule has 1 fully saturated rings. The van der Waals surface area contributed by atoms with Gasteiger partial charge in [0.2, 0.25) is 0 Å². The smallest absolute Gasteiger partial charge is 0.190 e. The van der Waals surface area contributed by atoms with E-state index in [0.29, 0.717) is 6.61 Å². The zero-order chi connectivity index (χ0) is 17.3. The summed E-state index contributed by atoms with van der Waals surface area (Å²) in [5.74, 6) is 0.813. The average molecular weight is 526 g/mol. The quantitative estimate of drug-likeness (QED) is 0.211. The molecule has 0 amide bonds.